The number of nitrogens with zero attached hydrogens (tertiary/aromatic N) is 1. The molecule has 1 rings (SSSR count). The van der Waals surface area contributed by atoms with Crippen LogP contribution in [0.2, 0.25) is 0 Å². The first-order chi connectivity index (χ1) is 8.69. The molecule has 108 valence electrons. The molecule has 0 aliphatic heterocycles. The first kappa shape index (κ1) is 16.1. The van der Waals surface area contributed by atoms with Gasteiger partial charge in [0.15, 0.2) is 9.84 Å². The van der Waals surface area contributed by atoms with Gasteiger partial charge in [0.25, 0.3) is 5.91 Å². The Balaban J connectivity index is 3.16. The highest BCUT2D eigenvalue weighted by molar-refractivity contribution is 7.91. The second-order valence-electron chi connectivity index (χ2n) is 4.81. The van der Waals surface area contributed by atoms with Crippen molar-refractivity contribution in [3.63, 3.8) is 0 Å². The summed E-state index contributed by atoms with van der Waals surface area (Å²) in [5.41, 5.74) is 2.64. The topological polar surface area (TPSA) is 102 Å². The van der Waals surface area contributed by atoms with Crippen LogP contribution in [0.3, 0.4) is 0 Å². The number of aromatic nitrogens is 1. The van der Waals surface area contributed by atoms with Crippen molar-refractivity contribution < 1.29 is 13.2 Å². The molecule has 0 radical (unpaired) electrons. The smallest absolute Gasteiger partial charge is 0.277 e. The zero-order chi connectivity index (χ0) is 14.8. The number of amides is 1. The van der Waals surface area contributed by atoms with Crippen molar-refractivity contribution in [2.75, 3.05) is 0 Å². The van der Waals surface area contributed by atoms with Crippen molar-refractivity contribution in [2.45, 2.75) is 44.6 Å². The van der Waals surface area contributed by atoms with Gasteiger partial charge in [-0.05, 0) is 19.8 Å². The lowest BCUT2D eigenvalue weighted by Gasteiger charge is -2.04. The van der Waals surface area contributed by atoms with E-state index in [4.69, 9.17) is 5.84 Å². The number of carbonyl (C=O) groups excluding carboxylic acids is 1. The Labute approximate surface area is 117 Å². The molecule has 0 saturated heterocycles. The van der Waals surface area contributed by atoms with E-state index < -0.39 is 21.0 Å². The zero-order valence-electron chi connectivity index (χ0n) is 11.4. The van der Waals surface area contributed by atoms with Crippen molar-refractivity contribution in [3.8, 4) is 0 Å². The summed E-state index contributed by atoms with van der Waals surface area (Å²) in [5.74, 6) is 4.56. The Bertz CT molecular complexity index is 562. The average molecular weight is 305 g/mol. The van der Waals surface area contributed by atoms with Crippen LogP contribution in [0.1, 0.15) is 54.0 Å². The van der Waals surface area contributed by atoms with Gasteiger partial charge in [0.2, 0.25) is 0 Å². The monoisotopic (exact) mass is 305 g/mol. The number of rotatable bonds is 5. The maximum absolute atomic E-state index is 11.9. The minimum Gasteiger partial charge on any atom is -0.289 e. The largest absolute Gasteiger partial charge is 0.289 e. The molecule has 1 amide bonds. The number of nitrogens with one attached hydrogen (secondary N) is 1. The van der Waals surface area contributed by atoms with Gasteiger partial charge in [0.1, 0.15) is 15.6 Å². The number of hydrazine groups is 1. The average Bonchev–Trinajstić information content (AvgIpc) is 2.71. The molecule has 0 fully saturated rings. The Morgan fingerprint density at radius 3 is 2.37 bits per heavy atom. The van der Waals surface area contributed by atoms with Crippen molar-refractivity contribution in [1.82, 2.24) is 10.4 Å². The van der Waals surface area contributed by atoms with Gasteiger partial charge in [-0.25, -0.2) is 19.2 Å². The normalized spacial score (nSPS) is 12.2. The lowest BCUT2D eigenvalue weighted by molar-refractivity contribution is 0.0956. The highest BCUT2D eigenvalue weighted by Gasteiger charge is 2.24. The number of nitrogen functional groups attached to an aromatic ring is 1. The van der Waals surface area contributed by atoms with Gasteiger partial charge in [0, 0.05) is 0 Å². The maximum Gasteiger partial charge on any atom is 0.277 e. The Morgan fingerprint density at radius 1 is 1.37 bits per heavy atom. The van der Waals surface area contributed by atoms with E-state index in [0.29, 0.717) is 15.6 Å². The van der Waals surface area contributed by atoms with Crippen LogP contribution in [0.15, 0.2) is 0 Å². The molecular weight excluding hydrogens is 286 g/mol. The second-order valence-corrected chi connectivity index (χ2v) is 8.45. The summed E-state index contributed by atoms with van der Waals surface area (Å²) in [5, 5.41) is -0.0401. The summed E-state index contributed by atoms with van der Waals surface area (Å²) >= 11 is 1.08. The fraction of sp³-hybridized carbons (Fsp3) is 0.636. The second kappa shape index (κ2) is 5.98. The van der Waals surface area contributed by atoms with Crippen molar-refractivity contribution in [2.24, 2.45) is 5.84 Å². The lowest BCUT2D eigenvalue weighted by Crippen LogP contribution is -2.30. The quantitative estimate of drug-likeness (QED) is 0.483. The molecular formula is C11H19N3O3S2. The van der Waals surface area contributed by atoms with Crippen LogP contribution in [0.5, 0.6) is 0 Å². The van der Waals surface area contributed by atoms with Gasteiger partial charge in [-0.3, -0.25) is 10.2 Å². The maximum atomic E-state index is 11.9. The van der Waals surface area contributed by atoms with Crippen LogP contribution in [-0.2, 0) is 15.6 Å². The fourth-order valence-corrected chi connectivity index (χ4v) is 3.79. The van der Waals surface area contributed by atoms with Gasteiger partial charge in [-0.1, -0.05) is 13.8 Å². The van der Waals surface area contributed by atoms with E-state index in [2.05, 4.69) is 10.4 Å². The summed E-state index contributed by atoms with van der Waals surface area (Å²) in [6, 6.07) is 0. The third kappa shape index (κ3) is 3.74. The van der Waals surface area contributed by atoms with Gasteiger partial charge < -0.3 is 0 Å². The molecule has 0 atom stereocenters. The first-order valence-electron chi connectivity index (χ1n) is 5.91. The highest BCUT2D eigenvalue weighted by atomic mass is 32.2. The Hall–Kier alpha value is -0.990. The standard InChI is InChI=1S/C11H19N3O3S2/c1-6(2)9-10(11(15)14-12)18-8(13-9)5-19(16,17)7(3)4/h6-7H,5,12H2,1-4H3,(H,14,15). The van der Waals surface area contributed by atoms with E-state index >= 15 is 0 Å². The summed E-state index contributed by atoms with van der Waals surface area (Å²) in [7, 11) is -3.23. The van der Waals surface area contributed by atoms with Crippen LogP contribution < -0.4 is 11.3 Å². The van der Waals surface area contributed by atoms with E-state index in [1.54, 1.807) is 13.8 Å². The molecule has 0 spiro atoms. The molecule has 6 nitrogen and oxygen atoms in total. The van der Waals surface area contributed by atoms with Crippen molar-refractivity contribution in [3.05, 3.63) is 15.6 Å². The molecule has 0 aliphatic carbocycles. The lowest BCUT2D eigenvalue weighted by atomic mass is 10.1. The molecule has 0 aromatic carbocycles. The zero-order valence-corrected chi connectivity index (χ0v) is 13.1. The van der Waals surface area contributed by atoms with Crippen molar-refractivity contribution >= 4 is 27.1 Å². The van der Waals surface area contributed by atoms with E-state index in [1.165, 1.54) is 0 Å². The van der Waals surface area contributed by atoms with Crippen LogP contribution in [0.25, 0.3) is 0 Å². The molecule has 19 heavy (non-hydrogen) atoms. The summed E-state index contributed by atoms with van der Waals surface area (Å²) < 4.78 is 23.7. The molecule has 3 N–H and O–H groups in total. The molecule has 0 aliphatic rings. The third-order valence-electron chi connectivity index (χ3n) is 2.62. The molecule has 0 unspecified atom stereocenters. The Morgan fingerprint density at radius 2 is 1.95 bits per heavy atom. The molecule has 1 heterocycles. The van der Waals surface area contributed by atoms with Crippen LogP contribution in [0.4, 0.5) is 0 Å². The van der Waals surface area contributed by atoms with E-state index in [0.717, 1.165) is 11.3 Å². The van der Waals surface area contributed by atoms with E-state index in [1.807, 2.05) is 13.8 Å². The number of carbonyl (C=O) groups is 1. The fourth-order valence-electron chi connectivity index (χ4n) is 1.40. The first-order valence-corrected chi connectivity index (χ1v) is 8.44. The van der Waals surface area contributed by atoms with Crippen LogP contribution >= 0.6 is 11.3 Å². The molecule has 0 saturated carbocycles. The Kier molecular flexibility index (Phi) is 5.05. The minimum absolute atomic E-state index is 0.0269. The van der Waals surface area contributed by atoms with E-state index in [-0.39, 0.29) is 11.7 Å². The number of nitrogens with two attached hydrogens (primary N) is 1. The SMILES string of the molecule is CC(C)c1nc(CS(=O)(=O)C(C)C)sc1C(=O)NN. The van der Waals surface area contributed by atoms with Gasteiger partial charge in [0.05, 0.1) is 10.9 Å². The summed E-state index contributed by atoms with van der Waals surface area (Å²) in [4.78, 5) is 16.3. The predicted molar refractivity (Wildman–Crippen MR) is 75.6 cm³/mol. The number of hydrogen-bond acceptors (Lipinski definition) is 6. The van der Waals surface area contributed by atoms with E-state index in [9.17, 15) is 13.2 Å². The van der Waals surface area contributed by atoms with Crippen LogP contribution in [0, 0.1) is 0 Å². The third-order valence-corrected chi connectivity index (χ3v) is 5.99. The molecule has 1 aromatic rings. The molecule has 0 bridgehead atoms. The molecule has 8 heteroatoms. The van der Waals surface area contributed by atoms with Crippen molar-refractivity contribution in [1.29, 1.82) is 0 Å². The summed E-state index contributed by atoms with van der Waals surface area (Å²) in [6.07, 6.45) is 0. The summed E-state index contributed by atoms with van der Waals surface area (Å²) in [6.45, 7) is 7.03. The minimum atomic E-state index is -3.23. The van der Waals surface area contributed by atoms with Gasteiger partial charge in [-0.2, -0.15) is 0 Å². The predicted octanol–water partition coefficient (Wildman–Crippen LogP) is 1.19. The number of thiazole rings is 1. The van der Waals surface area contributed by atoms with Gasteiger partial charge >= 0.3 is 0 Å². The number of hydrogen-bond donors (Lipinski definition) is 2. The van der Waals surface area contributed by atoms with Crippen LogP contribution in [-0.4, -0.2) is 24.6 Å². The number of sulfone groups is 1. The molecule has 1 aromatic heterocycles. The highest BCUT2D eigenvalue weighted by Crippen LogP contribution is 2.26. The van der Waals surface area contributed by atoms with Gasteiger partial charge in [-0.15, -0.1) is 11.3 Å².